The van der Waals surface area contributed by atoms with E-state index in [-0.39, 0.29) is 5.56 Å². The van der Waals surface area contributed by atoms with Gasteiger partial charge < -0.3 is 0 Å². The topological polar surface area (TPSA) is 17.1 Å². The maximum atomic E-state index is 13.0. The van der Waals surface area contributed by atoms with Gasteiger partial charge in [0.25, 0.3) is 0 Å². The van der Waals surface area contributed by atoms with Gasteiger partial charge in [0, 0.05) is 25.4 Å². The van der Waals surface area contributed by atoms with Crippen molar-refractivity contribution in [3.05, 3.63) is 55.2 Å². The van der Waals surface area contributed by atoms with Crippen molar-refractivity contribution < 1.29 is 18.0 Å². The molecule has 0 unspecified atom stereocenters. The minimum absolute atomic E-state index is 0.291. The largest absolute Gasteiger partial charge is 0.417 e. The molecule has 0 atom stereocenters. The van der Waals surface area contributed by atoms with Crippen LogP contribution in [0, 0.1) is 13.8 Å². The number of benzene rings is 1. The van der Waals surface area contributed by atoms with E-state index in [9.17, 15) is 18.0 Å². The minimum Gasteiger partial charge on any atom is -0.289 e. The molecule has 1 aromatic heterocycles. The Morgan fingerprint density at radius 2 is 1.80 bits per heavy atom. The summed E-state index contributed by atoms with van der Waals surface area (Å²) in [6.07, 6.45) is -4.56. The van der Waals surface area contributed by atoms with Crippen molar-refractivity contribution in [2.45, 2.75) is 20.0 Å². The number of aryl methyl sites for hydroxylation is 2. The number of rotatable bonds is 2. The van der Waals surface area contributed by atoms with E-state index >= 15 is 0 Å². The van der Waals surface area contributed by atoms with Crippen LogP contribution < -0.4 is 0 Å². The number of thiophene rings is 1. The predicted molar refractivity (Wildman–Crippen MR) is 76.4 cm³/mol. The molecule has 0 aliphatic heterocycles. The summed E-state index contributed by atoms with van der Waals surface area (Å²) in [6, 6.07) is 5.21. The lowest BCUT2D eigenvalue weighted by Crippen LogP contribution is -2.14. The Morgan fingerprint density at radius 1 is 1.15 bits per heavy atom. The zero-order valence-electron chi connectivity index (χ0n) is 10.6. The molecule has 0 amide bonds. The molecule has 0 fully saturated rings. The third-order valence-electron chi connectivity index (χ3n) is 2.82. The van der Waals surface area contributed by atoms with E-state index in [2.05, 4.69) is 15.9 Å². The van der Waals surface area contributed by atoms with Gasteiger partial charge in [0.2, 0.25) is 0 Å². The molecule has 0 aliphatic rings. The fraction of sp³-hybridized carbons (Fsp3) is 0.214. The normalized spacial score (nSPS) is 11.7. The molecule has 0 saturated carbocycles. The van der Waals surface area contributed by atoms with E-state index in [1.54, 1.807) is 13.0 Å². The van der Waals surface area contributed by atoms with Crippen molar-refractivity contribution in [1.29, 1.82) is 0 Å². The lowest BCUT2D eigenvalue weighted by Gasteiger charge is -2.12. The molecule has 106 valence electrons. The van der Waals surface area contributed by atoms with Crippen molar-refractivity contribution in [3.8, 4) is 0 Å². The quantitative estimate of drug-likeness (QED) is 0.655. The summed E-state index contributed by atoms with van der Waals surface area (Å²) in [5.41, 5.74) is -0.901. The maximum Gasteiger partial charge on any atom is 0.417 e. The second-order valence-electron chi connectivity index (χ2n) is 4.34. The van der Waals surface area contributed by atoms with Crippen LogP contribution in [0.2, 0.25) is 0 Å². The van der Waals surface area contributed by atoms with Crippen LogP contribution >= 0.6 is 27.3 Å². The number of hydrogen-bond donors (Lipinski definition) is 0. The molecule has 2 aromatic rings. The molecule has 0 radical (unpaired) electrons. The zero-order chi connectivity index (χ0) is 15.1. The van der Waals surface area contributed by atoms with Gasteiger partial charge in [-0.1, -0.05) is 15.9 Å². The van der Waals surface area contributed by atoms with Gasteiger partial charge in [-0.05, 0) is 38.1 Å². The molecule has 0 aliphatic carbocycles. The van der Waals surface area contributed by atoms with Crippen molar-refractivity contribution in [2.24, 2.45) is 0 Å². The third-order valence-corrected chi connectivity index (χ3v) is 4.28. The summed E-state index contributed by atoms with van der Waals surface area (Å²) in [4.78, 5) is 14.0. The summed E-state index contributed by atoms with van der Waals surface area (Å²) in [5, 5.41) is 0. The lowest BCUT2D eigenvalue weighted by atomic mass is 9.98. The van der Waals surface area contributed by atoms with Crippen molar-refractivity contribution in [1.82, 2.24) is 0 Å². The van der Waals surface area contributed by atoms with Crippen molar-refractivity contribution in [2.75, 3.05) is 0 Å². The van der Waals surface area contributed by atoms with E-state index in [1.165, 1.54) is 23.5 Å². The van der Waals surface area contributed by atoms with Crippen LogP contribution in [-0.2, 0) is 6.18 Å². The summed E-state index contributed by atoms with van der Waals surface area (Å²) in [6.45, 7) is 3.55. The van der Waals surface area contributed by atoms with E-state index in [0.717, 1.165) is 15.8 Å². The second-order valence-corrected chi connectivity index (χ2v) is 6.72. The molecule has 2 rings (SSSR count). The SMILES string of the molecule is Cc1cc(C(=O)c2ccc(Br)cc2C(F)(F)F)c(C)s1. The number of ketones is 1. The first-order valence-electron chi connectivity index (χ1n) is 5.68. The van der Waals surface area contributed by atoms with Gasteiger partial charge in [-0.15, -0.1) is 11.3 Å². The molecule has 1 aromatic carbocycles. The zero-order valence-corrected chi connectivity index (χ0v) is 13.0. The Balaban J connectivity index is 2.58. The number of carbonyl (C=O) groups is 1. The van der Waals surface area contributed by atoms with Gasteiger partial charge in [-0.3, -0.25) is 4.79 Å². The van der Waals surface area contributed by atoms with Crippen molar-refractivity contribution >= 4 is 33.0 Å². The minimum atomic E-state index is -4.56. The highest BCUT2D eigenvalue weighted by molar-refractivity contribution is 9.10. The van der Waals surface area contributed by atoms with Crippen LogP contribution in [0.5, 0.6) is 0 Å². The Bertz CT molecular complexity index is 674. The highest BCUT2D eigenvalue weighted by atomic mass is 79.9. The van der Waals surface area contributed by atoms with Crippen LogP contribution in [0.4, 0.5) is 13.2 Å². The van der Waals surface area contributed by atoms with E-state index in [4.69, 9.17) is 0 Å². The Kier molecular flexibility index (Phi) is 4.07. The monoisotopic (exact) mass is 362 g/mol. The van der Waals surface area contributed by atoms with Crippen LogP contribution in [0.15, 0.2) is 28.7 Å². The van der Waals surface area contributed by atoms with Gasteiger partial charge >= 0.3 is 6.18 Å². The van der Waals surface area contributed by atoms with Gasteiger partial charge in [-0.25, -0.2) is 0 Å². The predicted octanol–water partition coefficient (Wildman–Crippen LogP) is 5.38. The number of halogens is 4. The molecule has 0 bridgehead atoms. The fourth-order valence-electron chi connectivity index (χ4n) is 1.95. The maximum absolute atomic E-state index is 13.0. The summed E-state index contributed by atoms with van der Waals surface area (Å²) < 4.78 is 39.4. The summed E-state index contributed by atoms with van der Waals surface area (Å²) in [5.74, 6) is -0.591. The first-order chi connectivity index (χ1) is 9.20. The second kappa shape index (κ2) is 5.33. The molecule has 0 N–H and O–H groups in total. The third kappa shape index (κ3) is 2.96. The number of carbonyl (C=O) groups excluding carboxylic acids is 1. The molecule has 1 nitrogen and oxygen atoms in total. The molecular weight excluding hydrogens is 353 g/mol. The smallest absolute Gasteiger partial charge is 0.289 e. The molecule has 1 heterocycles. The fourth-order valence-corrected chi connectivity index (χ4v) is 3.23. The average molecular weight is 363 g/mol. The Morgan fingerprint density at radius 3 is 2.30 bits per heavy atom. The van der Waals surface area contributed by atoms with Crippen LogP contribution in [0.25, 0.3) is 0 Å². The highest BCUT2D eigenvalue weighted by Gasteiger charge is 2.35. The Hall–Kier alpha value is -1.14. The molecule has 20 heavy (non-hydrogen) atoms. The molecule has 0 spiro atoms. The highest BCUT2D eigenvalue weighted by Crippen LogP contribution is 2.35. The van der Waals surface area contributed by atoms with Crippen LogP contribution in [0.3, 0.4) is 0 Å². The van der Waals surface area contributed by atoms with Gasteiger partial charge in [0.15, 0.2) is 5.78 Å². The lowest BCUT2D eigenvalue weighted by molar-refractivity contribution is -0.137. The van der Waals surface area contributed by atoms with Gasteiger partial charge in [0.1, 0.15) is 0 Å². The standard InChI is InChI=1S/C14H10BrF3OS/c1-7-5-11(8(2)20-7)13(19)10-4-3-9(15)6-12(10)14(16,17)18/h3-6H,1-2H3. The molecule has 0 saturated heterocycles. The number of alkyl halides is 3. The first kappa shape index (κ1) is 15.3. The Labute approximate surface area is 126 Å². The molecular formula is C14H10BrF3OS. The van der Waals surface area contributed by atoms with Crippen LogP contribution in [0.1, 0.15) is 31.2 Å². The molecule has 6 heteroatoms. The number of hydrogen-bond acceptors (Lipinski definition) is 2. The van der Waals surface area contributed by atoms with E-state index < -0.39 is 17.5 Å². The summed E-state index contributed by atoms with van der Waals surface area (Å²) in [7, 11) is 0. The van der Waals surface area contributed by atoms with Gasteiger partial charge in [0.05, 0.1) is 5.56 Å². The first-order valence-corrected chi connectivity index (χ1v) is 7.29. The summed E-state index contributed by atoms with van der Waals surface area (Å²) >= 11 is 4.40. The van der Waals surface area contributed by atoms with E-state index in [1.807, 2.05) is 6.92 Å². The van der Waals surface area contributed by atoms with Crippen LogP contribution in [-0.4, -0.2) is 5.78 Å². The van der Waals surface area contributed by atoms with E-state index in [0.29, 0.717) is 10.0 Å². The average Bonchev–Trinajstić information content (AvgIpc) is 2.66. The van der Waals surface area contributed by atoms with Crippen molar-refractivity contribution in [3.63, 3.8) is 0 Å². The van der Waals surface area contributed by atoms with Gasteiger partial charge in [-0.2, -0.15) is 13.2 Å².